The number of anilines is 1. The maximum Gasteiger partial charge on any atom is 0.358 e. The number of carbonyl (C=O) groups is 1. The van der Waals surface area contributed by atoms with E-state index in [2.05, 4.69) is 9.72 Å². The number of nitrogens with zero attached hydrogens (tertiary/aromatic N) is 1. The van der Waals surface area contributed by atoms with Gasteiger partial charge < -0.3 is 10.5 Å². The number of nitrogen functional groups attached to an aromatic ring is 1. The molecule has 1 aromatic heterocycles. The van der Waals surface area contributed by atoms with Gasteiger partial charge in [-0.1, -0.05) is 40.6 Å². The summed E-state index contributed by atoms with van der Waals surface area (Å²) in [5.74, 6) is -0.575. The van der Waals surface area contributed by atoms with Crippen LogP contribution in [-0.2, 0) is 4.74 Å². The van der Waals surface area contributed by atoms with Gasteiger partial charge in [-0.3, -0.25) is 0 Å². The molecule has 0 aliphatic carbocycles. The lowest BCUT2D eigenvalue weighted by atomic mass is 10.1. The summed E-state index contributed by atoms with van der Waals surface area (Å²) in [6.07, 6.45) is 0. The number of hydrogen-bond acceptors (Lipinski definition) is 5. The Morgan fingerprint density at radius 2 is 2.00 bits per heavy atom. The SMILES string of the molecule is COC(=O)c1nc(N)sc1-c1c(Cl)cccc1Cl. The quantitative estimate of drug-likeness (QED) is 0.863. The van der Waals surface area contributed by atoms with Gasteiger partial charge in [0.25, 0.3) is 0 Å². The molecule has 0 saturated carbocycles. The van der Waals surface area contributed by atoms with Crippen LogP contribution in [0.25, 0.3) is 10.4 Å². The number of halogens is 2. The molecule has 0 unspecified atom stereocenters. The summed E-state index contributed by atoms with van der Waals surface area (Å²) in [5.41, 5.74) is 6.28. The Hall–Kier alpha value is -1.30. The average molecular weight is 303 g/mol. The van der Waals surface area contributed by atoms with Gasteiger partial charge in [-0.25, -0.2) is 9.78 Å². The third-order valence-electron chi connectivity index (χ3n) is 2.21. The molecule has 7 heteroatoms. The molecular formula is C11H8Cl2N2O2S. The molecule has 1 heterocycles. The number of aromatic nitrogens is 1. The number of benzene rings is 1. The molecule has 1 aromatic carbocycles. The Morgan fingerprint density at radius 3 is 2.56 bits per heavy atom. The Morgan fingerprint density at radius 1 is 1.39 bits per heavy atom. The first-order chi connectivity index (χ1) is 8.54. The second-order valence-corrected chi connectivity index (χ2v) is 5.16. The third-order valence-corrected chi connectivity index (χ3v) is 3.74. The summed E-state index contributed by atoms with van der Waals surface area (Å²) < 4.78 is 4.65. The maximum atomic E-state index is 11.6. The highest BCUT2D eigenvalue weighted by Gasteiger charge is 2.22. The van der Waals surface area contributed by atoms with E-state index in [4.69, 9.17) is 28.9 Å². The number of esters is 1. The van der Waals surface area contributed by atoms with E-state index >= 15 is 0 Å². The van der Waals surface area contributed by atoms with E-state index in [1.807, 2.05) is 0 Å². The zero-order valence-corrected chi connectivity index (χ0v) is 11.6. The second kappa shape index (κ2) is 5.14. The third kappa shape index (κ3) is 2.29. The van der Waals surface area contributed by atoms with Crippen LogP contribution in [-0.4, -0.2) is 18.1 Å². The number of carbonyl (C=O) groups excluding carboxylic acids is 1. The molecule has 2 N–H and O–H groups in total. The summed E-state index contributed by atoms with van der Waals surface area (Å²) in [6.45, 7) is 0. The van der Waals surface area contributed by atoms with Crippen molar-refractivity contribution in [2.24, 2.45) is 0 Å². The normalized spacial score (nSPS) is 10.4. The molecule has 0 fully saturated rings. The van der Waals surface area contributed by atoms with E-state index in [0.717, 1.165) is 11.3 Å². The van der Waals surface area contributed by atoms with E-state index in [1.54, 1.807) is 18.2 Å². The summed E-state index contributed by atoms with van der Waals surface area (Å²) in [6, 6.07) is 5.08. The molecule has 0 bridgehead atoms. The van der Waals surface area contributed by atoms with E-state index in [0.29, 0.717) is 20.5 Å². The fourth-order valence-corrected chi connectivity index (χ4v) is 3.05. The Balaban J connectivity index is 2.68. The highest BCUT2D eigenvalue weighted by molar-refractivity contribution is 7.19. The van der Waals surface area contributed by atoms with Crippen LogP contribution < -0.4 is 5.73 Å². The van der Waals surface area contributed by atoms with Crippen molar-refractivity contribution in [1.29, 1.82) is 0 Å². The molecule has 0 radical (unpaired) electrons. The lowest BCUT2D eigenvalue weighted by Gasteiger charge is -2.05. The predicted molar refractivity (Wildman–Crippen MR) is 73.3 cm³/mol. The molecule has 4 nitrogen and oxygen atoms in total. The number of ether oxygens (including phenoxy) is 1. The zero-order valence-electron chi connectivity index (χ0n) is 9.24. The molecule has 2 aromatic rings. The van der Waals surface area contributed by atoms with Crippen molar-refractivity contribution >= 4 is 45.6 Å². The van der Waals surface area contributed by atoms with Crippen LogP contribution in [0.2, 0.25) is 10.0 Å². The number of thiazole rings is 1. The van der Waals surface area contributed by atoms with Crippen LogP contribution in [0.1, 0.15) is 10.5 Å². The van der Waals surface area contributed by atoms with Crippen molar-refractivity contribution in [3.63, 3.8) is 0 Å². The van der Waals surface area contributed by atoms with Crippen molar-refractivity contribution in [3.05, 3.63) is 33.9 Å². The van der Waals surface area contributed by atoms with Crippen molar-refractivity contribution in [2.45, 2.75) is 0 Å². The Kier molecular flexibility index (Phi) is 3.75. The van der Waals surface area contributed by atoms with E-state index in [-0.39, 0.29) is 10.8 Å². The van der Waals surface area contributed by atoms with Gasteiger partial charge in [-0.05, 0) is 12.1 Å². The largest absolute Gasteiger partial charge is 0.464 e. The molecule has 2 rings (SSSR count). The number of nitrogens with two attached hydrogens (primary N) is 1. The van der Waals surface area contributed by atoms with Gasteiger partial charge in [0.1, 0.15) is 0 Å². The smallest absolute Gasteiger partial charge is 0.358 e. The summed E-state index contributed by atoms with van der Waals surface area (Å²) in [4.78, 5) is 16.1. The van der Waals surface area contributed by atoms with E-state index in [9.17, 15) is 4.79 Å². The molecule has 0 amide bonds. The fraction of sp³-hybridized carbons (Fsp3) is 0.0909. The van der Waals surface area contributed by atoms with Gasteiger partial charge in [0.15, 0.2) is 10.8 Å². The van der Waals surface area contributed by atoms with Gasteiger partial charge in [0.2, 0.25) is 0 Å². The van der Waals surface area contributed by atoms with Crippen molar-refractivity contribution in [3.8, 4) is 10.4 Å². The molecule has 94 valence electrons. The molecule has 0 aliphatic rings. The van der Waals surface area contributed by atoms with Crippen LogP contribution in [0.5, 0.6) is 0 Å². The van der Waals surface area contributed by atoms with Gasteiger partial charge in [-0.2, -0.15) is 0 Å². The number of rotatable bonds is 2. The lowest BCUT2D eigenvalue weighted by molar-refractivity contribution is 0.0596. The lowest BCUT2D eigenvalue weighted by Crippen LogP contribution is -2.03. The summed E-state index contributed by atoms with van der Waals surface area (Å²) in [5, 5.41) is 1.11. The topological polar surface area (TPSA) is 65.2 Å². The first kappa shape index (κ1) is 13.1. The monoisotopic (exact) mass is 302 g/mol. The standard InChI is InChI=1S/C11H8Cl2N2O2S/c1-17-10(16)8-9(18-11(14)15-8)7-5(12)3-2-4-6(7)13/h2-4H,1H3,(H2,14,15). The Bertz CT molecular complexity index is 593. The average Bonchev–Trinajstić information content (AvgIpc) is 2.70. The van der Waals surface area contributed by atoms with E-state index in [1.165, 1.54) is 7.11 Å². The van der Waals surface area contributed by atoms with Crippen molar-refractivity contribution < 1.29 is 9.53 Å². The number of methoxy groups -OCH3 is 1. The minimum atomic E-state index is -0.575. The predicted octanol–water partition coefficient (Wildman–Crippen LogP) is 3.49. The van der Waals surface area contributed by atoms with Crippen LogP contribution in [0.4, 0.5) is 5.13 Å². The van der Waals surface area contributed by atoms with Gasteiger partial charge in [-0.15, -0.1) is 0 Å². The molecule has 0 atom stereocenters. The Labute approximate surface area is 117 Å². The molecule has 0 aliphatic heterocycles. The highest BCUT2D eigenvalue weighted by Crippen LogP contribution is 2.40. The molecule has 0 saturated heterocycles. The highest BCUT2D eigenvalue weighted by atomic mass is 35.5. The molecule has 18 heavy (non-hydrogen) atoms. The maximum absolute atomic E-state index is 11.6. The molecule has 0 spiro atoms. The summed E-state index contributed by atoms with van der Waals surface area (Å²) >= 11 is 13.3. The van der Waals surface area contributed by atoms with Crippen LogP contribution in [0, 0.1) is 0 Å². The fourth-order valence-electron chi connectivity index (χ4n) is 1.46. The van der Waals surface area contributed by atoms with Gasteiger partial charge in [0.05, 0.1) is 22.0 Å². The van der Waals surface area contributed by atoms with Crippen molar-refractivity contribution in [1.82, 2.24) is 4.98 Å². The number of hydrogen-bond donors (Lipinski definition) is 1. The molecular weight excluding hydrogens is 295 g/mol. The minimum absolute atomic E-state index is 0.120. The zero-order chi connectivity index (χ0) is 13.3. The van der Waals surface area contributed by atoms with Crippen LogP contribution in [0.3, 0.4) is 0 Å². The van der Waals surface area contributed by atoms with Crippen molar-refractivity contribution in [2.75, 3.05) is 12.8 Å². The van der Waals surface area contributed by atoms with Crippen LogP contribution in [0.15, 0.2) is 18.2 Å². The van der Waals surface area contributed by atoms with Gasteiger partial charge in [0, 0.05) is 5.56 Å². The second-order valence-electron chi connectivity index (χ2n) is 3.32. The minimum Gasteiger partial charge on any atom is -0.464 e. The van der Waals surface area contributed by atoms with Crippen LogP contribution >= 0.6 is 34.5 Å². The first-order valence-corrected chi connectivity index (χ1v) is 6.41. The summed E-state index contributed by atoms with van der Waals surface area (Å²) in [7, 11) is 1.27. The first-order valence-electron chi connectivity index (χ1n) is 4.83. The van der Waals surface area contributed by atoms with Gasteiger partial charge >= 0.3 is 5.97 Å². The van der Waals surface area contributed by atoms with E-state index < -0.39 is 5.97 Å².